The third-order valence-corrected chi connectivity index (χ3v) is 6.30. The van der Waals surface area contributed by atoms with Gasteiger partial charge in [-0.05, 0) is 60.0 Å². The Morgan fingerprint density at radius 3 is 2.16 bits per heavy atom. The lowest BCUT2D eigenvalue weighted by molar-refractivity contribution is -0.119. The molecule has 1 saturated carbocycles. The highest BCUT2D eigenvalue weighted by atomic mass is 16.2. The van der Waals surface area contributed by atoms with Gasteiger partial charge in [-0.25, -0.2) is 0 Å². The SMILES string of the molecule is CC(C)CCNCCN(C(=O)[C@@H]1C[C@H]1c1ccccc1)c1ccc(-c2ccccc2)cc1. The van der Waals surface area contributed by atoms with Crippen LogP contribution in [0.25, 0.3) is 11.1 Å². The van der Waals surface area contributed by atoms with Gasteiger partial charge >= 0.3 is 0 Å². The molecule has 3 aromatic carbocycles. The normalized spacial score (nSPS) is 17.3. The van der Waals surface area contributed by atoms with Gasteiger partial charge in [0.1, 0.15) is 0 Å². The van der Waals surface area contributed by atoms with Crippen molar-refractivity contribution >= 4 is 11.6 Å². The van der Waals surface area contributed by atoms with E-state index in [1.54, 1.807) is 0 Å². The molecule has 0 aromatic heterocycles. The average molecular weight is 427 g/mol. The van der Waals surface area contributed by atoms with Crippen molar-refractivity contribution in [1.82, 2.24) is 5.32 Å². The fourth-order valence-electron chi connectivity index (χ4n) is 4.27. The first-order valence-electron chi connectivity index (χ1n) is 11.9. The lowest BCUT2D eigenvalue weighted by Crippen LogP contribution is -2.38. The number of carbonyl (C=O) groups is 1. The van der Waals surface area contributed by atoms with Crippen LogP contribution in [0.1, 0.15) is 38.2 Å². The quantitative estimate of drug-likeness (QED) is 0.396. The first-order chi connectivity index (χ1) is 15.6. The van der Waals surface area contributed by atoms with Crippen LogP contribution in [0.2, 0.25) is 0 Å². The lowest BCUT2D eigenvalue weighted by Gasteiger charge is -2.24. The Balaban J connectivity index is 1.47. The van der Waals surface area contributed by atoms with Crippen LogP contribution in [0.15, 0.2) is 84.9 Å². The predicted octanol–water partition coefficient (Wildman–Crippen LogP) is 6.13. The maximum Gasteiger partial charge on any atom is 0.230 e. The summed E-state index contributed by atoms with van der Waals surface area (Å²) < 4.78 is 0. The molecule has 0 saturated heterocycles. The highest BCUT2D eigenvalue weighted by Crippen LogP contribution is 2.48. The van der Waals surface area contributed by atoms with Crippen molar-refractivity contribution in [2.24, 2.45) is 11.8 Å². The molecule has 1 fully saturated rings. The van der Waals surface area contributed by atoms with Crippen molar-refractivity contribution in [1.29, 1.82) is 0 Å². The van der Waals surface area contributed by atoms with Gasteiger partial charge in [0, 0.05) is 24.7 Å². The number of benzene rings is 3. The van der Waals surface area contributed by atoms with Crippen LogP contribution in [-0.4, -0.2) is 25.5 Å². The van der Waals surface area contributed by atoms with E-state index in [-0.39, 0.29) is 11.8 Å². The molecule has 166 valence electrons. The molecule has 1 N–H and O–H groups in total. The minimum atomic E-state index is 0.0851. The van der Waals surface area contributed by atoms with Crippen LogP contribution >= 0.6 is 0 Å². The highest BCUT2D eigenvalue weighted by molar-refractivity contribution is 5.97. The van der Waals surface area contributed by atoms with Crippen molar-refractivity contribution in [2.45, 2.75) is 32.6 Å². The molecular weight excluding hydrogens is 392 g/mol. The van der Waals surface area contributed by atoms with Gasteiger partial charge < -0.3 is 10.2 Å². The number of nitrogens with one attached hydrogen (secondary N) is 1. The molecule has 1 amide bonds. The van der Waals surface area contributed by atoms with Gasteiger partial charge in [0.05, 0.1) is 0 Å². The van der Waals surface area contributed by atoms with Gasteiger partial charge in [-0.15, -0.1) is 0 Å². The summed E-state index contributed by atoms with van der Waals surface area (Å²) in [5, 5.41) is 3.52. The Morgan fingerprint density at radius 1 is 0.875 bits per heavy atom. The molecule has 3 heteroatoms. The summed E-state index contributed by atoms with van der Waals surface area (Å²) in [6.07, 6.45) is 2.10. The summed E-state index contributed by atoms with van der Waals surface area (Å²) in [6, 6.07) is 29.2. The molecule has 4 rings (SSSR count). The topological polar surface area (TPSA) is 32.3 Å². The largest absolute Gasteiger partial charge is 0.315 e. The monoisotopic (exact) mass is 426 g/mol. The zero-order valence-corrected chi connectivity index (χ0v) is 19.2. The molecule has 2 atom stereocenters. The van der Waals surface area contributed by atoms with Gasteiger partial charge in [0.25, 0.3) is 0 Å². The van der Waals surface area contributed by atoms with E-state index in [1.165, 1.54) is 16.7 Å². The molecular formula is C29H34N2O. The fourth-order valence-corrected chi connectivity index (χ4v) is 4.27. The second-order valence-corrected chi connectivity index (χ2v) is 9.19. The third kappa shape index (κ3) is 5.66. The van der Waals surface area contributed by atoms with Crippen molar-refractivity contribution in [3.8, 4) is 11.1 Å². The highest BCUT2D eigenvalue weighted by Gasteiger charge is 2.45. The van der Waals surface area contributed by atoms with Gasteiger partial charge in [-0.3, -0.25) is 4.79 Å². The smallest absolute Gasteiger partial charge is 0.230 e. The second kappa shape index (κ2) is 10.6. The van der Waals surface area contributed by atoms with Crippen molar-refractivity contribution in [2.75, 3.05) is 24.5 Å². The standard InChI is InChI=1S/C29H34N2O/c1-22(2)17-18-30-19-20-31(29(32)28-21-27(28)25-11-7-4-8-12-25)26-15-13-24(14-16-26)23-9-5-3-6-10-23/h3-16,22,27-28,30H,17-21H2,1-2H3/t27-,28+/m0/s1. The van der Waals surface area contributed by atoms with Crippen LogP contribution in [0.3, 0.4) is 0 Å². The maximum absolute atomic E-state index is 13.5. The Morgan fingerprint density at radius 2 is 1.50 bits per heavy atom. The van der Waals surface area contributed by atoms with Crippen molar-refractivity contribution in [3.63, 3.8) is 0 Å². The maximum atomic E-state index is 13.5. The van der Waals surface area contributed by atoms with Gasteiger partial charge in [-0.1, -0.05) is 86.6 Å². The molecule has 0 bridgehead atoms. The molecule has 0 heterocycles. The number of carbonyl (C=O) groups excluding carboxylic acids is 1. The molecule has 32 heavy (non-hydrogen) atoms. The van der Waals surface area contributed by atoms with Crippen LogP contribution < -0.4 is 10.2 Å². The first-order valence-corrected chi connectivity index (χ1v) is 11.9. The van der Waals surface area contributed by atoms with Crippen LogP contribution in [0.5, 0.6) is 0 Å². The van der Waals surface area contributed by atoms with Crippen LogP contribution in [0, 0.1) is 11.8 Å². The van der Waals surface area contributed by atoms with E-state index in [1.807, 2.05) is 17.0 Å². The van der Waals surface area contributed by atoms with Crippen molar-refractivity contribution < 1.29 is 4.79 Å². The Labute approximate surface area is 192 Å². The summed E-state index contributed by atoms with van der Waals surface area (Å²) in [7, 11) is 0. The van der Waals surface area contributed by atoms with E-state index < -0.39 is 0 Å². The number of anilines is 1. The summed E-state index contributed by atoms with van der Waals surface area (Å²) >= 11 is 0. The number of nitrogens with zero attached hydrogens (tertiary/aromatic N) is 1. The number of rotatable bonds is 10. The Bertz CT molecular complexity index is 983. The second-order valence-electron chi connectivity index (χ2n) is 9.19. The van der Waals surface area contributed by atoms with Crippen LogP contribution in [-0.2, 0) is 4.79 Å². The lowest BCUT2D eigenvalue weighted by atomic mass is 10.0. The summed E-state index contributed by atoms with van der Waals surface area (Å²) in [5.41, 5.74) is 4.63. The summed E-state index contributed by atoms with van der Waals surface area (Å²) in [5.74, 6) is 1.37. The van der Waals surface area contributed by atoms with Gasteiger partial charge in [-0.2, -0.15) is 0 Å². The van der Waals surface area contributed by atoms with E-state index >= 15 is 0 Å². The Hall–Kier alpha value is -2.91. The number of amides is 1. The zero-order valence-electron chi connectivity index (χ0n) is 19.2. The third-order valence-electron chi connectivity index (χ3n) is 6.30. The van der Waals surface area contributed by atoms with Crippen molar-refractivity contribution in [3.05, 3.63) is 90.5 Å². The molecule has 0 unspecified atom stereocenters. The molecule has 0 aliphatic heterocycles. The van der Waals surface area contributed by atoms with Gasteiger partial charge in [0.2, 0.25) is 5.91 Å². The zero-order chi connectivity index (χ0) is 22.3. The summed E-state index contributed by atoms with van der Waals surface area (Å²) in [4.78, 5) is 15.5. The van der Waals surface area contributed by atoms with E-state index in [0.717, 1.165) is 31.6 Å². The average Bonchev–Trinajstić information content (AvgIpc) is 3.63. The minimum absolute atomic E-state index is 0.0851. The minimum Gasteiger partial charge on any atom is -0.315 e. The molecule has 3 nitrogen and oxygen atoms in total. The molecule has 0 radical (unpaired) electrons. The molecule has 3 aromatic rings. The Kier molecular flexibility index (Phi) is 7.39. The van der Waals surface area contributed by atoms with Crippen LogP contribution in [0.4, 0.5) is 5.69 Å². The molecule has 1 aliphatic carbocycles. The van der Waals surface area contributed by atoms with E-state index in [0.29, 0.717) is 18.4 Å². The number of hydrogen-bond donors (Lipinski definition) is 1. The number of hydrogen-bond acceptors (Lipinski definition) is 2. The first kappa shape index (κ1) is 22.3. The van der Waals surface area contributed by atoms with E-state index in [2.05, 4.69) is 92.0 Å². The molecule has 1 aliphatic rings. The fraction of sp³-hybridized carbons (Fsp3) is 0.345. The van der Waals surface area contributed by atoms with Gasteiger partial charge in [0.15, 0.2) is 0 Å². The van der Waals surface area contributed by atoms with E-state index in [9.17, 15) is 4.79 Å². The van der Waals surface area contributed by atoms with E-state index in [4.69, 9.17) is 0 Å². The molecule has 0 spiro atoms. The summed E-state index contributed by atoms with van der Waals surface area (Å²) in [6.45, 7) is 6.97. The predicted molar refractivity (Wildman–Crippen MR) is 134 cm³/mol.